The van der Waals surface area contributed by atoms with Crippen LogP contribution in [0.1, 0.15) is 38.7 Å². The van der Waals surface area contributed by atoms with Crippen LogP contribution in [-0.2, 0) is 6.54 Å². The van der Waals surface area contributed by atoms with Crippen molar-refractivity contribution in [2.45, 2.75) is 39.7 Å². The lowest BCUT2D eigenvalue weighted by molar-refractivity contribution is 0.292. The third-order valence-corrected chi connectivity index (χ3v) is 3.54. The molecule has 0 aliphatic carbocycles. The van der Waals surface area contributed by atoms with Crippen molar-refractivity contribution >= 4 is 11.6 Å². The highest BCUT2D eigenvalue weighted by Gasteiger charge is 2.15. The zero-order valence-corrected chi connectivity index (χ0v) is 13.3. The Bertz CT molecular complexity index is 466. The van der Waals surface area contributed by atoms with Crippen molar-refractivity contribution in [3.05, 3.63) is 28.8 Å². The van der Waals surface area contributed by atoms with Gasteiger partial charge in [-0.1, -0.05) is 17.7 Å². The summed E-state index contributed by atoms with van der Waals surface area (Å²) in [4.78, 5) is 0. The van der Waals surface area contributed by atoms with E-state index in [-0.39, 0.29) is 5.41 Å². The van der Waals surface area contributed by atoms with E-state index in [9.17, 15) is 0 Å². The number of nitriles is 1. The van der Waals surface area contributed by atoms with Gasteiger partial charge < -0.3 is 10.1 Å². The molecule has 0 aromatic heterocycles. The average molecular weight is 295 g/mol. The molecule has 0 atom stereocenters. The quantitative estimate of drug-likeness (QED) is 0.732. The first kappa shape index (κ1) is 16.8. The standard InChI is InChI=1S/C16H23ClN2O/c1-16(2,12-18)9-4-5-10-20-15-8-6-7-14(17)13(15)11-19-3/h6-8,19H,4-5,9-11H2,1-3H3. The molecule has 0 aliphatic heterocycles. The van der Waals surface area contributed by atoms with Crippen LogP contribution in [0.25, 0.3) is 0 Å². The summed E-state index contributed by atoms with van der Waals surface area (Å²) in [5, 5.41) is 12.8. The number of unbranched alkanes of at least 4 members (excludes halogenated alkanes) is 1. The van der Waals surface area contributed by atoms with Crippen LogP contribution in [0, 0.1) is 16.7 Å². The Morgan fingerprint density at radius 2 is 2.10 bits per heavy atom. The van der Waals surface area contributed by atoms with Crippen LogP contribution >= 0.6 is 11.6 Å². The summed E-state index contributed by atoms with van der Waals surface area (Å²) >= 11 is 6.17. The van der Waals surface area contributed by atoms with Gasteiger partial charge in [0.25, 0.3) is 0 Å². The van der Waals surface area contributed by atoms with Gasteiger partial charge in [0.05, 0.1) is 18.1 Å². The summed E-state index contributed by atoms with van der Waals surface area (Å²) in [5.41, 5.74) is 0.752. The smallest absolute Gasteiger partial charge is 0.125 e. The molecule has 0 unspecified atom stereocenters. The van der Waals surface area contributed by atoms with Crippen molar-refractivity contribution in [3.63, 3.8) is 0 Å². The Kier molecular flexibility index (Phi) is 6.84. The largest absolute Gasteiger partial charge is 0.493 e. The van der Waals surface area contributed by atoms with E-state index in [0.717, 1.165) is 35.6 Å². The summed E-state index contributed by atoms with van der Waals surface area (Å²) in [6.45, 7) is 5.28. The van der Waals surface area contributed by atoms with Crippen molar-refractivity contribution in [3.8, 4) is 11.8 Å². The molecule has 0 radical (unpaired) electrons. The van der Waals surface area contributed by atoms with Crippen molar-refractivity contribution in [1.29, 1.82) is 5.26 Å². The number of nitrogens with zero attached hydrogens (tertiary/aromatic N) is 1. The second-order valence-corrected chi connectivity index (χ2v) is 5.96. The first-order valence-electron chi connectivity index (χ1n) is 6.96. The zero-order valence-electron chi connectivity index (χ0n) is 12.5. The minimum Gasteiger partial charge on any atom is -0.493 e. The van der Waals surface area contributed by atoms with Crippen molar-refractivity contribution in [2.24, 2.45) is 5.41 Å². The summed E-state index contributed by atoms with van der Waals surface area (Å²) < 4.78 is 5.81. The lowest BCUT2D eigenvalue weighted by atomic mass is 9.89. The number of hydrogen-bond donors (Lipinski definition) is 1. The van der Waals surface area contributed by atoms with Gasteiger partial charge in [0.2, 0.25) is 0 Å². The van der Waals surface area contributed by atoms with Crippen LogP contribution in [-0.4, -0.2) is 13.7 Å². The fraction of sp³-hybridized carbons (Fsp3) is 0.562. The SMILES string of the molecule is CNCc1c(Cl)cccc1OCCCCC(C)(C)C#N. The lowest BCUT2D eigenvalue weighted by Crippen LogP contribution is -2.10. The van der Waals surface area contributed by atoms with E-state index >= 15 is 0 Å². The topological polar surface area (TPSA) is 45.0 Å². The molecule has 110 valence electrons. The van der Waals surface area contributed by atoms with Gasteiger partial charge in [-0.25, -0.2) is 0 Å². The van der Waals surface area contributed by atoms with Gasteiger partial charge in [-0.15, -0.1) is 0 Å². The normalized spacial score (nSPS) is 11.2. The van der Waals surface area contributed by atoms with Crippen molar-refractivity contribution in [1.82, 2.24) is 5.32 Å². The molecule has 0 spiro atoms. The number of nitrogens with one attached hydrogen (secondary N) is 1. The van der Waals surface area contributed by atoms with Gasteiger partial charge in [0.15, 0.2) is 0 Å². The van der Waals surface area contributed by atoms with Crippen LogP contribution in [0.3, 0.4) is 0 Å². The molecule has 20 heavy (non-hydrogen) atoms. The second kappa shape index (κ2) is 8.14. The maximum absolute atomic E-state index is 8.95. The molecule has 0 fully saturated rings. The summed E-state index contributed by atoms with van der Waals surface area (Å²) in [7, 11) is 1.89. The molecular formula is C16H23ClN2O. The Hall–Kier alpha value is -1.24. The Morgan fingerprint density at radius 3 is 2.75 bits per heavy atom. The number of ether oxygens (including phenoxy) is 1. The highest BCUT2D eigenvalue weighted by Crippen LogP contribution is 2.27. The average Bonchev–Trinajstić information content (AvgIpc) is 2.42. The highest BCUT2D eigenvalue weighted by atomic mass is 35.5. The lowest BCUT2D eigenvalue weighted by Gasteiger charge is -2.15. The highest BCUT2D eigenvalue weighted by molar-refractivity contribution is 6.31. The number of rotatable bonds is 8. The molecule has 0 heterocycles. The van der Waals surface area contributed by atoms with E-state index in [1.54, 1.807) is 0 Å². The molecule has 0 bridgehead atoms. The van der Waals surface area contributed by atoms with Crippen molar-refractivity contribution in [2.75, 3.05) is 13.7 Å². The van der Waals surface area contributed by atoms with Crippen molar-refractivity contribution < 1.29 is 4.74 Å². The van der Waals surface area contributed by atoms with E-state index < -0.39 is 0 Å². The molecule has 1 aromatic rings. The molecule has 0 saturated carbocycles. The second-order valence-electron chi connectivity index (χ2n) is 5.55. The molecule has 3 nitrogen and oxygen atoms in total. The first-order chi connectivity index (χ1) is 9.50. The maximum Gasteiger partial charge on any atom is 0.125 e. The third kappa shape index (κ3) is 5.40. The number of benzene rings is 1. The molecule has 0 saturated heterocycles. The van der Waals surface area contributed by atoms with Gasteiger partial charge in [-0.2, -0.15) is 5.26 Å². The first-order valence-corrected chi connectivity index (χ1v) is 7.34. The molecule has 0 aliphatic rings. The molecule has 1 rings (SSSR count). The molecule has 1 N–H and O–H groups in total. The van der Waals surface area contributed by atoms with E-state index in [2.05, 4.69) is 11.4 Å². The van der Waals surface area contributed by atoms with Crippen LogP contribution in [0.5, 0.6) is 5.75 Å². The molecule has 0 amide bonds. The van der Waals surface area contributed by atoms with Gasteiger partial charge in [0, 0.05) is 17.1 Å². The predicted octanol–water partition coefficient (Wildman–Crippen LogP) is 4.16. The molecule has 4 heteroatoms. The summed E-state index contributed by atoms with van der Waals surface area (Å²) in [5.74, 6) is 0.839. The van der Waals surface area contributed by atoms with E-state index in [1.165, 1.54) is 0 Å². The molecular weight excluding hydrogens is 272 g/mol. The van der Waals surface area contributed by atoms with Crippen LogP contribution in [0.2, 0.25) is 5.02 Å². The number of hydrogen-bond acceptors (Lipinski definition) is 3. The Morgan fingerprint density at radius 1 is 1.35 bits per heavy atom. The van der Waals surface area contributed by atoms with Gasteiger partial charge in [-0.05, 0) is 52.3 Å². The van der Waals surface area contributed by atoms with Gasteiger partial charge >= 0.3 is 0 Å². The third-order valence-electron chi connectivity index (χ3n) is 3.19. The summed E-state index contributed by atoms with van der Waals surface area (Å²) in [6.07, 6.45) is 2.82. The maximum atomic E-state index is 8.95. The molecule has 1 aromatic carbocycles. The minimum atomic E-state index is -0.243. The van der Waals surface area contributed by atoms with Gasteiger partial charge in [0.1, 0.15) is 5.75 Å². The predicted molar refractivity (Wildman–Crippen MR) is 83.0 cm³/mol. The fourth-order valence-corrected chi connectivity index (χ4v) is 2.16. The fourth-order valence-electron chi connectivity index (χ4n) is 1.93. The van der Waals surface area contributed by atoms with Crippen LogP contribution in [0.4, 0.5) is 0 Å². The summed E-state index contributed by atoms with van der Waals surface area (Å²) in [6, 6.07) is 8.03. The van der Waals surface area contributed by atoms with Crippen LogP contribution in [0.15, 0.2) is 18.2 Å². The van der Waals surface area contributed by atoms with Crippen LogP contribution < -0.4 is 10.1 Å². The minimum absolute atomic E-state index is 0.243. The Balaban J connectivity index is 2.43. The Labute approximate surface area is 126 Å². The number of halogens is 1. The van der Waals surface area contributed by atoms with E-state index in [1.807, 2.05) is 39.1 Å². The van der Waals surface area contributed by atoms with E-state index in [4.69, 9.17) is 21.6 Å². The monoisotopic (exact) mass is 294 g/mol. The van der Waals surface area contributed by atoms with Gasteiger partial charge in [-0.3, -0.25) is 0 Å². The zero-order chi connectivity index (χ0) is 15.0. The van der Waals surface area contributed by atoms with E-state index in [0.29, 0.717) is 13.2 Å².